The van der Waals surface area contributed by atoms with Crippen molar-refractivity contribution >= 4 is 0 Å². The minimum absolute atomic E-state index is 0.261. The Morgan fingerprint density at radius 1 is 1.36 bits per heavy atom. The van der Waals surface area contributed by atoms with Gasteiger partial charge in [0.05, 0.1) is 6.10 Å². The van der Waals surface area contributed by atoms with Crippen molar-refractivity contribution in [2.75, 3.05) is 0 Å². The molecule has 0 aliphatic rings. The highest BCUT2D eigenvalue weighted by Gasteiger charge is 2.14. The monoisotopic (exact) mass is 194 g/mol. The third-order valence-electron chi connectivity index (χ3n) is 2.25. The van der Waals surface area contributed by atoms with Gasteiger partial charge in [0, 0.05) is 0 Å². The van der Waals surface area contributed by atoms with E-state index in [2.05, 4.69) is 32.6 Å². The molecule has 0 saturated heterocycles. The summed E-state index contributed by atoms with van der Waals surface area (Å²) in [5.74, 6) is 0.261. The van der Waals surface area contributed by atoms with Crippen molar-refractivity contribution in [1.29, 1.82) is 0 Å². The molecule has 0 aromatic rings. The number of rotatable bonds is 4. The molecule has 0 bridgehead atoms. The Morgan fingerprint density at radius 2 is 1.93 bits per heavy atom. The van der Waals surface area contributed by atoms with E-state index in [1.165, 1.54) is 5.57 Å². The van der Waals surface area contributed by atoms with Gasteiger partial charge >= 0.3 is 0 Å². The maximum Gasteiger partial charge on any atom is 0.0849 e. The zero-order valence-corrected chi connectivity index (χ0v) is 9.96. The van der Waals surface area contributed by atoms with Gasteiger partial charge in [-0.1, -0.05) is 18.6 Å². The Bertz CT molecular complexity index is 250. The minimum Gasteiger partial charge on any atom is -0.388 e. The Kier molecular flexibility index (Phi) is 6.27. The third kappa shape index (κ3) is 5.06. The zero-order chi connectivity index (χ0) is 11.1. The summed E-state index contributed by atoms with van der Waals surface area (Å²) in [4.78, 5) is 0. The van der Waals surface area contributed by atoms with Crippen LogP contribution in [0.3, 0.4) is 0 Å². The van der Waals surface area contributed by atoms with Crippen LogP contribution in [0.1, 0.15) is 41.0 Å². The first kappa shape index (κ1) is 13.2. The van der Waals surface area contributed by atoms with Gasteiger partial charge in [0.2, 0.25) is 0 Å². The van der Waals surface area contributed by atoms with Gasteiger partial charge in [-0.25, -0.2) is 0 Å². The molecule has 0 aliphatic heterocycles. The lowest BCUT2D eigenvalue weighted by Gasteiger charge is -2.16. The number of hydrogen-bond acceptors (Lipinski definition) is 1. The molecule has 2 unspecified atom stereocenters. The van der Waals surface area contributed by atoms with Crippen LogP contribution in [0.2, 0.25) is 0 Å². The highest BCUT2D eigenvalue weighted by Crippen LogP contribution is 2.16. The van der Waals surface area contributed by atoms with E-state index in [0.717, 1.165) is 12.0 Å². The highest BCUT2D eigenvalue weighted by atomic mass is 16.3. The van der Waals surface area contributed by atoms with E-state index in [0.29, 0.717) is 0 Å². The largest absolute Gasteiger partial charge is 0.388 e. The molecule has 1 heteroatoms. The Morgan fingerprint density at radius 3 is 2.36 bits per heavy atom. The molecule has 0 aliphatic carbocycles. The van der Waals surface area contributed by atoms with Crippen molar-refractivity contribution in [2.24, 2.45) is 5.92 Å². The molecule has 14 heavy (non-hydrogen) atoms. The fourth-order valence-corrected chi connectivity index (χ4v) is 1.29. The molecule has 0 spiro atoms. The lowest BCUT2D eigenvalue weighted by Crippen LogP contribution is -2.17. The maximum absolute atomic E-state index is 9.88. The SMILES string of the molecule is CC=C=C(C)C(O)C(C)CC=C(C)C. The summed E-state index contributed by atoms with van der Waals surface area (Å²) < 4.78 is 0. The number of allylic oxidation sites excluding steroid dienone is 2. The van der Waals surface area contributed by atoms with Crippen molar-refractivity contribution in [2.45, 2.75) is 47.1 Å². The summed E-state index contributed by atoms with van der Waals surface area (Å²) in [5.41, 5.74) is 5.26. The second-order valence-electron chi connectivity index (χ2n) is 4.06. The fourth-order valence-electron chi connectivity index (χ4n) is 1.29. The van der Waals surface area contributed by atoms with Crippen LogP contribution in [0.5, 0.6) is 0 Å². The number of aliphatic hydroxyl groups excluding tert-OH is 1. The summed E-state index contributed by atoms with van der Waals surface area (Å²) >= 11 is 0. The highest BCUT2D eigenvalue weighted by molar-refractivity contribution is 5.06. The third-order valence-corrected chi connectivity index (χ3v) is 2.25. The molecule has 0 heterocycles. The Hall–Kier alpha value is -0.780. The van der Waals surface area contributed by atoms with Crippen LogP contribution in [-0.4, -0.2) is 11.2 Å². The predicted octanol–water partition coefficient (Wildman–Crippen LogP) is 3.46. The van der Waals surface area contributed by atoms with Gasteiger partial charge in [-0.2, -0.15) is 0 Å². The van der Waals surface area contributed by atoms with Crippen molar-refractivity contribution in [3.63, 3.8) is 0 Å². The van der Waals surface area contributed by atoms with Crippen molar-refractivity contribution in [3.05, 3.63) is 29.0 Å². The molecule has 1 nitrogen and oxygen atoms in total. The molecule has 0 amide bonds. The van der Waals surface area contributed by atoms with Crippen LogP contribution in [0, 0.1) is 5.92 Å². The molecular formula is C13H22O. The van der Waals surface area contributed by atoms with Gasteiger partial charge in [-0.3, -0.25) is 0 Å². The lowest BCUT2D eigenvalue weighted by atomic mass is 9.95. The second-order valence-corrected chi connectivity index (χ2v) is 4.06. The molecule has 0 saturated carbocycles. The molecule has 0 aromatic carbocycles. The first-order valence-electron chi connectivity index (χ1n) is 5.18. The molecule has 80 valence electrons. The lowest BCUT2D eigenvalue weighted by molar-refractivity contribution is 0.152. The number of aliphatic hydroxyl groups is 1. The van der Waals surface area contributed by atoms with E-state index in [4.69, 9.17) is 0 Å². The molecule has 0 rings (SSSR count). The Labute approximate surface area is 87.8 Å². The number of hydrogen-bond donors (Lipinski definition) is 1. The van der Waals surface area contributed by atoms with E-state index in [-0.39, 0.29) is 12.0 Å². The maximum atomic E-state index is 9.88. The minimum atomic E-state index is -0.373. The molecule has 1 N–H and O–H groups in total. The summed E-state index contributed by atoms with van der Waals surface area (Å²) in [6, 6.07) is 0. The quantitative estimate of drug-likeness (QED) is 0.537. The van der Waals surface area contributed by atoms with Crippen molar-refractivity contribution < 1.29 is 5.11 Å². The van der Waals surface area contributed by atoms with Crippen LogP contribution in [0.15, 0.2) is 29.0 Å². The average Bonchev–Trinajstić information content (AvgIpc) is 2.13. The van der Waals surface area contributed by atoms with Gasteiger partial charge in [0.1, 0.15) is 0 Å². The van der Waals surface area contributed by atoms with E-state index >= 15 is 0 Å². The van der Waals surface area contributed by atoms with Gasteiger partial charge in [0.15, 0.2) is 0 Å². The van der Waals surface area contributed by atoms with Gasteiger partial charge in [-0.05, 0) is 51.7 Å². The van der Waals surface area contributed by atoms with E-state index in [1.54, 1.807) is 0 Å². The summed E-state index contributed by atoms with van der Waals surface area (Å²) in [6.45, 7) is 10.0. The Balaban J connectivity index is 4.33. The average molecular weight is 194 g/mol. The molecule has 0 fully saturated rings. The summed E-state index contributed by atoms with van der Waals surface area (Å²) in [6.07, 6.45) is 4.55. The van der Waals surface area contributed by atoms with Crippen molar-refractivity contribution in [3.8, 4) is 0 Å². The summed E-state index contributed by atoms with van der Waals surface area (Å²) in [7, 11) is 0. The van der Waals surface area contributed by atoms with Crippen LogP contribution < -0.4 is 0 Å². The fraction of sp³-hybridized carbons (Fsp3) is 0.615. The smallest absolute Gasteiger partial charge is 0.0849 e. The van der Waals surface area contributed by atoms with Crippen LogP contribution in [0.4, 0.5) is 0 Å². The van der Waals surface area contributed by atoms with Crippen molar-refractivity contribution in [1.82, 2.24) is 0 Å². The summed E-state index contributed by atoms with van der Waals surface area (Å²) in [5, 5.41) is 9.88. The normalized spacial score (nSPS) is 13.9. The molecule has 0 aromatic heterocycles. The van der Waals surface area contributed by atoms with E-state index in [9.17, 15) is 5.11 Å². The first-order chi connectivity index (χ1) is 6.49. The zero-order valence-electron chi connectivity index (χ0n) is 9.96. The first-order valence-corrected chi connectivity index (χ1v) is 5.18. The standard InChI is InChI=1S/C13H22O/c1-6-7-11(4)13(14)12(5)9-8-10(2)3/h6,8,12-14H,9H2,1-5H3. The van der Waals surface area contributed by atoms with Crippen LogP contribution in [-0.2, 0) is 0 Å². The van der Waals surface area contributed by atoms with Gasteiger partial charge in [-0.15, -0.1) is 5.73 Å². The predicted molar refractivity (Wildman–Crippen MR) is 62.2 cm³/mol. The molecular weight excluding hydrogens is 172 g/mol. The molecule has 0 radical (unpaired) electrons. The van der Waals surface area contributed by atoms with E-state index in [1.807, 2.05) is 19.9 Å². The van der Waals surface area contributed by atoms with E-state index < -0.39 is 0 Å². The van der Waals surface area contributed by atoms with Gasteiger partial charge < -0.3 is 5.11 Å². The van der Waals surface area contributed by atoms with Crippen LogP contribution in [0.25, 0.3) is 0 Å². The van der Waals surface area contributed by atoms with Crippen LogP contribution >= 0.6 is 0 Å². The van der Waals surface area contributed by atoms with Gasteiger partial charge in [0.25, 0.3) is 0 Å². The molecule has 2 atom stereocenters. The second kappa shape index (κ2) is 6.64. The topological polar surface area (TPSA) is 20.2 Å².